The molecular formula is C9H16N2O. The molecule has 0 spiro atoms. The molecule has 0 N–H and O–H groups in total. The van der Waals surface area contributed by atoms with Crippen molar-refractivity contribution in [2.24, 2.45) is 0 Å². The van der Waals surface area contributed by atoms with Gasteiger partial charge in [-0.05, 0) is 33.9 Å². The lowest BCUT2D eigenvalue weighted by Gasteiger charge is -2.23. The summed E-state index contributed by atoms with van der Waals surface area (Å²) in [5.74, 6) is 0. The lowest BCUT2D eigenvalue weighted by atomic mass is 10.1. The number of nitriles is 1. The van der Waals surface area contributed by atoms with Gasteiger partial charge in [0.2, 0.25) is 0 Å². The molecule has 0 aromatic rings. The summed E-state index contributed by atoms with van der Waals surface area (Å²) in [7, 11) is 3.83. The van der Waals surface area contributed by atoms with Gasteiger partial charge in [0.15, 0.2) is 0 Å². The van der Waals surface area contributed by atoms with E-state index in [0.29, 0.717) is 6.10 Å². The molecule has 1 aliphatic rings. The van der Waals surface area contributed by atoms with E-state index in [4.69, 9.17) is 10.00 Å². The van der Waals surface area contributed by atoms with E-state index < -0.39 is 0 Å². The van der Waals surface area contributed by atoms with Gasteiger partial charge in [0.1, 0.15) is 6.04 Å². The number of hydrogen-bond donors (Lipinski definition) is 0. The molecule has 68 valence electrons. The molecule has 1 rings (SSSR count). The summed E-state index contributed by atoms with van der Waals surface area (Å²) >= 11 is 0. The molecule has 0 aliphatic carbocycles. The average molecular weight is 168 g/mol. The number of rotatable bonds is 2. The zero-order chi connectivity index (χ0) is 9.14. The fourth-order valence-electron chi connectivity index (χ4n) is 1.60. The van der Waals surface area contributed by atoms with E-state index in [0.717, 1.165) is 12.8 Å². The summed E-state index contributed by atoms with van der Waals surface area (Å²) < 4.78 is 5.61. The fraction of sp³-hybridized carbons (Fsp3) is 0.889. The highest BCUT2D eigenvalue weighted by Crippen LogP contribution is 2.23. The smallest absolute Gasteiger partial charge is 0.124 e. The molecule has 0 aromatic carbocycles. The Hall–Kier alpha value is -0.590. The maximum absolute atomic E-state index is 8.87. The van der Waals surface area contributed by atoms with Crippen LogP contribution in [0.1, 0.15) is 19.8 Å². The Morgan fingerprint density at radius 1 is 1.50 bits per heavy atom. The SMILES string of the molecule is CC1CCC(C(C#N)N(C)C)O1. The molecular weight excluding hydrogens is 152 g/mol. The lowest BCUT2D eigenvalue weighted by molar-refractivity contribution is 0.0223. The topological polar surface area (TPSA) is 36.3 Å². The third-order valence-corrected chi connectivity index (χ3v) is 2.31. The first-order chi connectivity index (χ1) is 5.65. The summed E-state index contributed by atoms with van der Waals surface area (Å²) in [4.78, 5) is 1.92. The Kier molecular flexibility index (Phi) is 3.07. The standard InChI is InChI=1S/C9H16N2O/c1-7-4-5-9(12-7)8(6-10)11(2)3/h7-9H,4-5H2,1-3H3. The minimum atomic E-state index is -0.0880. The van der Waals surface area contributed by atoms with Gasteiger partial charge in [0.25, 0.3) is 0 Å². The Balaban J connectivity index is 2.51. The van der Waals surface area contributed by atoms with Crippen LogP contribution in [0.15, 0.2) is 0 Å². The number of nitrogens with zero attached hydrogens (tertiary/aromatic N) is 2. The number of likely N-dealkylation sites (N-methyl/N-ethyl adjacent to an activating group) is 1. The highest BCUT2D eigenvalue weighted by molar-refractivity contribution is 4.97. The van der Waals surface area contributed by atoms with Gasteiger partial charge in [-0.3, -0.25) is 4.90 Å². The summed E-state index contributed by atoms with van der Waals surface area (Å²) in [5.41, 5.74) is 0. The molecule has 0 radical (unpaired) electrons. The highest BCUT2D eigenvalue weighted by atomic mass is 16.5. The normalized spacial score (nSPS) is 31.9. The molecule has 3 nitrogen and oxygen atoms in total. The molecule has 1 heterocycles. The molecule has 0 aromatic heterocycles. The van der Waals surface area contributed by atoms with Crippen LogP contribution < -0.4 is 0 Å². The number of hydrogen-bond acceptors (Lipinski definition) is 3. The van der Waals surface area contributed by atoms with Crippen LogP contribution in [-0.4, -0.2) is 37.2 Å². The van der Waals surface area contributed by atoms with Crippen molar-refractivity contribution in [3.63, 3.8) is 0 Å². The van der Waals surface area contributed by atoms with E-state index in [-0.39, 0.29) is 12.1 Å². The van der Waals surface area contributed by atoms with E-state index in [1.54, 1.807) is 0 Å². The van der Waals surface area contributed by atoms with E-state index in [1.165, 1.54) is 0 Å². The summed E-state index contributed by atoms with van der Waals surface area (Å²) in [5, 5.41) is 8.87. The molecule has 1 aliphatic heterocycles. The summed E-state index contributed by atoms with van der Waals surface area (Å²) in [6.45, 7) is 2.06. The molecule has 3 atom stereocenters. The van der Waals surface area contributed by atoms with Crippen LogP contribution in [0, 0.1) is 11.3 Å². The molecule has 0 amide bonds. The predicted molar refractivity (Wildman–Crippen MR) is 46.7 cm³/mol. The van der Waals surface area contributed by atoms with Gasteiger partial charge in [-0.15, -0.1) is 0 Å². The van der Waals surface area contributed by atoms with Crippen molar-refractivity contribution in [1.29, 1.82) is 5.26 Å². The molecule has 3 heteroatoms. The van der Waals surface area contributed by atoms with E-state index in [2.05, 4.69) is 13.0 Å². The monoisotopic (exact) mass is 168 g/mol. The Morgan fingerprint density at radius 3 is 2.50 bits per heavy atom. The van der Waals surface area contributed by atoms with Crippen molar-refractivity contribution in [2.75, 3.05) is 14.1 Å². The van der Waals surface area contributed by atoms with Gasteiger partial charge in [-0.25, -0.2) is 0 Å². The van der Waals surface area contributed by atoms with Crippen LogP contribution in [0.2, 0.25) is 0 Å². The van der Waals surface area contributed by atoms with Gasteiger partial charge in [-0.1, -0.05) is 0 Å². The van der Waals surface area contributed by atoms with Gasteiger partial charge < -0.3 is 4.74 Å². The van der Waals surface area contributed by atoms with E-state index in [9.17, 15) is 0 Å². The zero-order valence-electron chi connectivity index (χ0n) is 7.95. The third-order valence-electron chi connectivity index (χ3n) is 2.31. The van der Waals surface area contributed by atoms with Crippen LogP contribution in [-0.2, 0) is 4.74 Å². The quantitative estimate of drug-likeness (QED) is 0.617. The average Bonchev–Trinajstić information content (AvgIpc) is 2.37. The third kappa shape index (κ3) is 1.96. The Bertz CT molecular complexity index is 185. The molecule has 0 saturated carbocycles. The second-order valence-corrected chi connectivity index (χ2v) is 3.60. The maximum atomic E-state index is 8.87. The van der Waals surface area contributed by atoms with Gasteiger partial charge in [0, 0.05) is 0 Å². The maximum Gasteiger partial charge on any atom is 0.124 e. The van der Waals surface area contributed by atoms with Crippen LogP contribution in [0.25, 0.3) is 0 Å². The van der Waals surface area contributed by atoms with Crippen LogP contribution in [0.3, 0.4) is 0 Å². The highest BCUT2D eigenvalue weighted by Gasteiger charge is 2.30. The molecule has 1 saturated heterocycles. The molecule has 3 unspecified atom stereocenters. The Labute approximate surface area is 73.9 Å². The van der Waals surface area contributed by atoms with Crippen LogP contribution in [0.5, 0.6) is 0 Å². The van der Waals surface area contributed by atoms with Crippen molar-refractivity contribution in [3.05, 3.63) is 0 Å². The second-order valence-electron chi connectivity index (χ2n) is 3.60. The largest absolute Gasteiger partial charge is 0.373 e. The predicted octanol–water partition coefficient (Wildman–Crippen LogP) is 1.01. The van der Waals surface area contributed by atoms with Crippen molar-refractivity contribution >= 4 is 0 Å². The van der Waals surface area contributed by atoms with Crippen molar-refractivity contribution < 1.29 is 4.74 Å². The first kappa shape index (κ1) is 9.50. The lowest BCUT2D eigenvalue weighted by Crippen LogP contribution is -2.37. The molecule has 0 bridgehead atoms. The van der Waals surface area contributed by atoms with E-state index >= 15 is 0 Å². The molecule has 1 fully saturated rings. The minimum Gasteiger partial charge on any atom is -0.373 e. The summed E-state index contributed by atoms with van der Waals surface area (Å²) in [6.07, 6.45) is 2.53. The van der Waals surface area contributed by atoms with Gasteiger partial charge >= 0.3 is 0 Å². The van der Waals surface area contributed by atoms with Crippen molar-refractivity contribution in [2.45, 2.75) is 38.0 Å². The summed E-state index contributed by atoms with van der Waals surface area (Å²) in [6, 6.07) is 2.18. The fourth-order valence-corrected chi connectivity index (χ4v) is 1.60. The van der Waals surface area contributed by atoms with Crippen molar-refractivity contribution in [3.8, 4) is 6.07 Å². The van der Waals surface area contributed by atoms with Crippen molar-refractivity contribution in [1.82, 2.24) is 4.90 Å². The first-order valence-corrected chi connectivity index (χ1v) is 4.36. The van der Waals surface area contributed by atoms with Crippen LogP contribution >= 0.6 is 0 Å². The first-order valence-electron chi connectivity index (χ1n) is 4.36. The molecule has 12 heavy (non-hydrogen) atoms. The minimum absolute atomic E-state index is 0.0880. The van der Waals surface area contributed by atoms with E-state index in [1.807, 2.05) is 19.0 Å². The van der Waals surface area contributed by atoms with Gasteiger partial charge in [-0.2, -0.15) is 5.26 Å². The van der Waals surface area contributed by atoms with Gasteiger partial charge in [0.05, 0.1) is 18.3 Å². The second kappa shape index (κ2) is 3.88. The number of ether oxygens (including phenoxy) is 1. The van der Waals surface area contributed by atoms with Crippen LogP contribution in [0.4, 0.5) is 0 Å². The zero-order valence-corrected chi connectivity index (χ0v) is 7.95. The Morgan fingerprint density at radius 2 is 2.17 bits per heavy atom.